The van der Waals surface area contributed by atoms with Crippen molar-refractivity contribution in [3.05, 3.63) is 35.6 Å². The molecular formula is C10H14FNO2. The smallest absolute Gasteiger partial charge is 0.123 e. The van der Waals surface area contributed by atoms with Gasteiger partial charge in [-0.25, -0.2) is 4.39 Å². The molecule has 0 amide bonds. The van der Waals surface area contributed by atoms with E-state index in [1.54, 1.807) is 12.1 Å². The molecule has 0 saturated carbocycles. The van der Waals surface area contributed by atoms with Gasteiger partial charge in [0.05, 0.1) is 19.3 Å². The van der Waals surface area contributed by atoms with E-state index in [2.05, 4.69) is 0 Å². The van der Waals surface area contributed by atoms with Gasteiger partial charge in [0, 0.05) is 6.54 Å². The van der Waals surface area contributed by atoms with Crippen LogP contribution in [0.5, 0.6) is 0 Å². The summed E-state index contributed by atoms with van der Waals surface area (Å²) in [6.45, 7) is 0.630. The van der Waals surface area contributed by atoms with Crippen molar-refractivity contribution in [2.24, 2.45) is 5.73 Å². The summed E-state index contributed by atoms with van der Waals surface area (Å²) in [4.78, 5) is 0. The van der Waals surface area contributed by atoms with Crippen LogP contribution in [0, 0.1) is 5.82 Å². The summed E-state index contributed by atoms with van der Waals surface area (Å²) >= 11 is 0. The number of rotatable bonds is 5. The maximum absolute atomic E-state index is 12.7. The fourth-order valence-corrected chi connectivity index (χ4v) is 1.01. The summed E-state index contributed by atoms with van der Waals surface area (Å²) in [5.41, 5.74) is 5.93. The lowest BCUT2D eigenvalue weighted by Crippen LogP contribution is -2.24. The predicted molar refractivity (Wildman–Crippen MR) is 51.1 cm³/mol. The molecule has 0 aliphatic carbocycles. The van der Waals surface area contributed by atoms with Gasteiger partial charge in [-0.2, -0.15) is 0 Å². The average molecular weight is 199 g/mol. The molecule has 3 nitrogen and oxygen atoms in total. The van der Waals surface area contributed by atoms with Crippen LogP contribution >= 0.6 is 0 Å². The topological polar surface area (TPSA) is 55.5 Å². The number of halogens is 1. The van der Waals surface area contributed by atoms with Gasteiger partial charge in [-0.3, -0.25) is 0 Å². The molecule has 14 heavy (non-hydrogen) atoms. The Kier molecular flexibility index (Phi) is 4.52. The van der Waals surface area contributed by atoms with Gasteiger partial charge in [0.2, 0.25) is 0 Å². The first kappa shape index (κ1) is 11.1. The molecule has 0 aromatic heterocycles. The zero-order valence-electron chi connectivity index (χ0n) is 7.82. The van der Waals surface area contributed by atoms with Crippen LogP contribution in [0.4, 0.5) is 4.39 Å². The molecule has 0 unspecified atom stereocenters. The SMILES string of the molecule is NC[C@H](O)COCc1cccc(F)c1. The summed E-state index contributed by atoms with van der Waals surface area (Å²) in [5.74, 6) is -0.287. The van der Waals surface area contributed by atoms with Crippen LogP contribution in [-0.4, -0.2) is 24.4 Å². The summed E-state index contributed by atoms with van der Waals surface area (Å²) < 4.78 is 17.8. The van der Waals surface area contributed by atoms with E-state index in [4.69, 9.17) is 15.6 Å². The Bertz CT molecular complexity index is 281. The van der Waals surface area contributed by atoms with E-state index in [0.717, 1.165) is 5.56 Å². The van der Waals surface area contributed by atoms with Crippen LogP contribution in [0.25, 0.3) is 0 Å². The highest BCUT2D eigenvalue weighted by Crippen LogP contribution is 2.04. The lowest BCUT2D eigenvalue weighted by atomic mass is 10.2. The van der Waals surface area contributed by atoms with E-state index in [1.807, 2.05) is 0 Å². The van der Waals surface area contributed by atoms with E-state index < -0.39 is 6.10 Å². The van der Waals surface area contributed by atoms with Gasteiger partial charge in [-0.1, -0.05) is 12.1 Å². The van der Waals surface area contributed by atoms with Crippen molar-refractivity contribution in [3.8, 4) is 0 Å². The predicted octanol–water partition coefficient (Wildman–Crippen LogP) is 0.662. The summed E-state index contributed by atoms with van der Waals surface area (Å²) in [5, 5.41) is 9.07. The lowest BCUT2D eigenvalue weighted by molar-refractivity contribution is 0.0328. The number of benzene rings is 1. The molecule has 0 aliphatic rings. The molecule has 0 spiro atoms. The number of hydrogen-bond acceptors (Lipinski definition) is 3. The van der Waals surface area contributed by atoms with Crippen molar-refractivity contribution in [3.63, 3.8) is 0 Å². The maximum atomic E-state index is 12.7. The monoisotopic (exact) mass is 199 g/mol. The van der Waals surface area contributed by atoms with Gasteiger partial charge in [-0.05, 0) is 17.7 Å². The molecule has 3 N–H and O–H groups in total. The number of aliphatic hydroxyl groups excluding tert-OH is 1. The van der Waals surface area contributed by atoms with Gasteiger partial charge < -0.3 is 15.6 Å². The average Bonchev–Trinajstić information content (AvgIpc) is 2.17. The standard InChI is InChI=1S/C10H14FNO2/c11-9-3-1-2-8(4-9)6-14-7-10(13)5-12/h1-4,10,13H,5-7,12H2/t10-/m0/s1. The van der Waals surface area contributed by atoms with Crippen molar-refractivity contribution < 1.29 is 14.2 Å². The van der Waals surface area contributed by atoms with Crippen molar-refractivity contribution in [1.82, 2.24) is 0 Å². The molecule has 0 aliphatic heterocycles. The molecule has 0 bridgehead atoms. The first-order valence-corrected chi connectivity index (χ1v) is 4.42. The van der Waals surface area contributed by atoms with Crippen LogP contribution in [0.3, 0.4) is 0 Å². The zero-order chi connectivity index (χ0) is 10.4. The Morgan fingerprint density at radius 1 is 1.50 bits per heavy atom. The molecule has 1 rings (SSSR count). The zero-order valence-corrected chi connectivity index (χ0v) is 7.82. The fraction of sp³-hybridized carbons (Fsp3) is 0.400. The number of aliphatic hydroxyl groups is 1. The minimum Gasteiger partial charge on any atom is -0.389 e. The summed E-state index contributed by atoms with van der Waals surface area (Å²) in [7, 11) is 0. The molecule has 78 valence electrons. The fourth-order valence-electron chi connectivity index (χ4n) is 1.01. The van der Waals surface area contributed by atoms with Gasteiger partial charge in [0.25, 0.3) is 0 Å². The Hall–Kier alpha value is -0.970. The van der Waals surface area contributed by atoms with Crippen molar-refractivity contribution in [1.29, 1.82) is 0 Å². The Labute approximate surface area is 82.3 Å². The van der Waals surface area contributed by atoms with E-state index in [1.165, 1.54) is 12.1 Å². The van der Waals surface area contributed by atoms with Gasteiger partial charge >= 0.3 is 0 Å². The second kappa shape index (κ2) is 5.70. The number of nitrogens with two attached hydrogens (primary N) is 1. The van der Waals surface area contributed by atoms with Gasteiger partial charge in [-0.15, -0.1) is 0 Å². The van der Waals surface area contributed by atoms with Crippen LogP contribution in [0.1, 0.15) is 5.56 Å². The van der Waals surface area contributed by atoms with Gasteiger partial charge in [0.1, 0.15) is 5.82 Å². The van der Waals surface area contributed by atoms with E-state index in [0.29, 0.717) is 0 Å². The molecule has 1 aromatic rings. The molecule has 0 heterocycles. The quantitative estimate of drug-likeness (QED) is 0.732. The normalized spacial score (nSPS) is 12.8. The first-order chi connectivity index (χ1) is 6.72. The van der Waals surface area contributed by atoms with E-state index in [9.17, 15) is 4.39 Å². The maximum Gasteiger partial charge on any atom is 0.123 e. The first-order valence-electron chi connectivity index (χ1n) is 4.42. The second-order valence-corrected chi connectivity index (χ2v) is 3.03. The molecule has 0 radical (unpaired) electrons. The van der Waals surface area contributed by atoms with Gasteiger partial charge in [0.15, 0.2) is 0 Å². The molecule has 1 atom stereocenters. The largest absolute Gasteiger partial charge is 0.389 e. The summed E-state index contributed by atoms with van der Waals surface area (Å²) in [6, 6.07) is 6.15. The summed E-state index contributed by atoms with van der Waals surface area (Å²) in [6.07, 6.45) is -0.649. The Balaban J connectivity index is 2.31. The highest BCUT2D eigenvalue weighted by atomic mass is 19.1. The molecule has 0 saturated heterocycles. The Morgan fingerprint density at radius 3 is 2.93 bits per heavy atom. The van der Waals surface area contributed by atoms with Crippen molar-refractivity contribution >= 4 is 0 Å². The second-order valence-electron chi connectivity index (χ2n) is 3.03. The third kappa shape index (κ3) is 3.83. The van der Waals surface area contributed by atoms with Crippen LogP contribution in [-0.2, 0) is 11.3 Å². The Morgan fingerprint density at radius 2 is 2.29 bits per heavy atom. The van der Waals surface area contributed by atoms with E-state index in [-0.39, 0.29) is 25.6 Å². The minimum atomic E-state index is -0.649. The molecule has 4 heteroatoms. The highest BCUT2D eigenvalue weighted by Gasteiger charge is 2.01. The highest BCUT2D eigenvalue weighted by molar-refractivity contribution is 5.15. The van der Waals surface area contributed by atoms with Crippen molar-refractivity contribution in [2.45, 2.75) is 12.7 Å². The molecule has 0 fully saturated rings. The number of hydrogen-bond donors (Lipinski definition) is 2. The van der Waals surface area contributed by atoms with Crippen LogP contribution in [0.15, 0.2) is 24.3 Å². The van der Waals surface area contributed by atoms with Crippen LogP contribution in [0.2, 0.25) is 0 Å². The minimum absolute atomic E-state index is 0.170. The van der Waals surface area contributed by atoms with E-state index >= 15 is 0 Å². The number of ether oxygens (including phenoxy) is 1. The molecule has 1 aromatic carbocycles. The molecular weight excluding hydrogens is 185 g/mol. The lowest BCUT2D eigenvalue weighted by Gasteiger charge is -2.08. The van der Waals surface area contributed by atoms with Crippen LogP contribution < -0.4 is 5.73 Å². The third-order valence-electron chi connectivity index (χ3n) is 1.74. The van der Waals surface area contributed by atoms with Crippen molar-refractivity contribution in [2.75, 3.05) is 13.2 Å². The third-order valence-corrected chi connectivity index (χ3v) is 1.74.